The third-order valence-corrected chi connectivity index (χ3v) is 7.56. The molecular weight excluding hydrogens is 475 g/mol. The van der Waals surface area contributed by atoms with Gasteiger partial charge in [0.2, 0.25) is 5.91 Å². The fraction of sp³-hybridized carbons (Fsp3) is 0.417. The molecule has 5 heteroatoms. The summed E-state index contributed by atoms with van der Waals surface area (Å²) in [5.41, 5.74) is 1.75. The standard InChI is InChI=1S/C24H27IN2O2/c1-27(17-18-7-9-21(25)10-8-18)15-12-20(13-16-27)24(19-5-3-2-4-6-19)14-11-22(28)26-23(24)29/h2-10,20H,11-17H2,1H3/t20?,24-,27?/m1/s1. The summed E-state index contributed by atoms with van der Waals surface area (Å²) >= 11 is 2.34. The molecule has 2 heterocycles. The normalized spacial score (nSPS) is 30.1. The molecule has 1 saturated heterocycles. The average Bonchev–Trinajstić information content (AvgIpc) is 2.72. The Labute approximate surface area is 186 Å². The zero-order valence-corrected chi connectivity index (χ0v) is 19.0. The molecule has 0 saturated carbocycles. The van der Waals surface area contributed by atoms with Gasteiger partial charge in [0.1, 0.15) is 6.54 Å². The Morgan fingerprint density at radius 1 is 1.10 bits per heavy atom. The molecule has 2 aromatic carbocycles. The summed E-state index contributed by atoms with van der Waals surface area (Å²) in [6, 6.07) is 18.8. The molecule has 1 atom stereocenters. The third kappa shape index (κ3) is 4.12. The fourth-order valence-electron chi connectivity index (χ4n) is 5.17. The SMILES string of the molecule is C[N+]1(Cc2ccc(I)cc2)CCC([C@]2(c3ccccc3)CCC(=O)N=C2[O-])CC1. The Morgan fingerprint density at radius 3 is 2.38 bits per heavy atom. The van der Waals surface area contributed by atoms with E-state index in [-0.39, 0.29) is 17.7 Å². The molecule has 0 spiro atoms. The second-order valence-electron chi connectivity index (χ2n) is 8.77. The number of nitrogens with zero attached hydrogens (tertiary/aromatic N) is 2. The van der Waals surface area contributed by atoms with Crippen molar-refractivity contribution in [2.45, 2.75) is 37.6 Å². The van der Waals surface area contributed by atoms with Crippen LogP contribution in [0.2, 0.25) is 0 Å². The van der Waals surface area contributed by atoms with Crippen LogP contribution >= 0.6 is 22.6 Å². The summed E-state index contributed by atoms with van der Waals surface area (Å²) < 4.78 is 2.25. The minimum atomic E-state index is -0.636. The Bertz CT molecular complexity index is 902. The van der Waals surface area contributed by atoms with E-state index in [1.54, 1.807) is 0 Å². The van der Waals surface area contributed by atoms with Crippen molar-refractivity contribution < 1.29 is 14.4 Å². The molecule has 0 N–H and O–H groups in total. The number of hydrogen-bond donors (Lipinski definition) is 0. The Kier molecular flexibility index (Phi) is 5.80. The van der Waals surface area contributed by atoms with Gasteiger partial charge >= 0.3 is 0 Å². The molecule has 4 nitrogen and oxygen atoms in total. The summed E-state index contributed by atoms with van der Waals surface area (Å²) in [6.07, 6.45) is 2.91. The van der Waals surface area contributed by atoms with Crippen LogP contribution < -0.4 is 5.11 Å². The van der Waals surface area contributed by atoms with Gasteiger partial charge in [-0.25, -0.2) is 4.99 Å². The Balaban J connectivity index is 1.57. The predicted octanol–water partition coefficient (Wildman–Crippen LogP) is 3.67. The zero-order valence-electron chi connectivity index (χ0n) is 16.8. The van der Waals surface area contributed by atoms with Crippen LogP contribution in [0.3, 0.4) is 0 Å². The van der Waals surface area contributed by atoms with Gasteiger partial charge in [0.25, 0.3) is 0 Å². The summed E-state index contributed by atoms with van der Waals surface area (Å²) in [6.45, 7) is 3.08. The van der Waals surface area contributed by atoms with Crippen molar-refractivity contribution in [3.63, 3.8) is 0 Å². The molecule has 0 bridgehead atoms. The van der Waals surface area contributed by atoms with Crippen LogP contribution in [-0.4, -0.2) is 36.4 Å². The number of benzene rings is 2. The number of carbonyl (C=O) groups is 1. The largest absolute Gasteiger partial charge is 0.861 e. The van der Waals surface area contributed by atoms with E-state index in [0.29, 0.717) is 12.8 Å². The molecule has 2 aliphatic rings. The second-order valence-corrected chi connectivity index (χ2v) is 10.0. The minimum Gasteiger partial charge on any atom is -0.861 e. The number of piperidine rings is 1. The van der Waals surface area contributed by atoms with Gasteiger partial charge in [-0.2, -0.15) is 0 Å². The second kappa shape index (κ2) is 8.19. The van der Waals surface area contributed by atoms with Gasteiger partial charge in [-0.1, -0.05) is 42.5 Å². The van der Waals surface area contributed by atoms with E-state index in [9.17, 15) is 9.90 Å². The molecule has 1 fully saturated rings. The van der Waals surface area contributed by atoms with E-state index in [4.69, 9.17) is 0 Å². The Hall–Kier alpha value is -1.73. The molecule has 0 unspecified atom stereocenters. The quantitative estimate of drug-likeness (QED) is 0.474. The Morgan fingerprint density at radius 2 is 1.76 bits per heavy atom. The van der Waals surface area contributed by atoms with Gasteiger partial charge in [0.15, 0.2) is 0 Å². The smallest absolute Gasteiger partial charge is 0.244 e. The van der Waals surface area contributed by atoms with E-state index in [2.05, 4.69) is 58.9 Å². The summed E-state index contributed by atoms with van der Waals surface area (Å²) in [5.74, 6) is -0.257. The number of amides is 1. The molecule has 29 heavy (non-hydrogen) atoms. The number of carbonyl (C=O) groups excluding carboxylic acids is 1. The highest BCUT2D eigenvalue weighted by Crippen LogP contribution is 2.45. The van der Waals surface area contributed by atoms with E-state index >= 15 is 0 Å². The van der Waals surface area contributed by atoms with E-state index in [1.807, 2.05) is 30.3 Å². The van der Waals surface area contributed by atoms with Crippen molar-refractivity contribution in [1.29, 1.82) is 0 Å². The van der Waals surface area contributed by atoms with Gasteiger partial charge in [-0.3, -0.25) is 4.79 Å². The number of aliphatic imine (C=N–C) groups is 1. The number of halogens is 1. The first-order valence-corrected chi connectivity index (χ1v) is 11.4. The predicted molar refractivity (Wildman–Crippen MR) is 121 cm³/mol. The third-order valence-electron chi connectivity index (χ3n) is 6.84. The highest BCUT2D eigenvalue weighted by molar-refractivity contribution is 14.1. The van der Waals surface area contributed by atoms with Crippen LogP contribution in [0.4, 0.5) is 0 Å². The number of quaternary nitrogens is 1. The topological polar surface area (TPSA) is 52.5 Å². The van der Waals surface area contributed by atoms with Gasteiger partial charge in [0.05, 0.1) is 20.1 Å². The van der Waals surface area contributed by atoms with Crippen molar-refractivity contribution in [2.24, 2.45) is 10.9 Å². The molecule has 0 aliphatic carbocycles. The molecule has 4 rings (SSSR count). The van der Waals surface area contributed by atoms with Gasteiger partial charge < -0.3 is 9.59 Å². The summed E-state index contributed by atoms with van der Waals surface area (Å²) in [7, 11) is 2.32. The summed E-state index contributed by atoms with van der Waals surface area (Å²) in [5, 5.41) is 13.1. The van der Waals surface area contributed by atoms with Crippen molar-refractivity contribution >= 4 is 34.4 Å². The van der Waals surface area contributed by atoms with Crippen LogP contribution in [-0.2, 0) is 16.8 Å². The van der Waals surface area contributed by atoms with Crippen LogP contribution in [0.1, 0.15) is 36.8 Å². The van der Waals surface area contributed by atoms with Crippen molar-refractivity contribution in [3.8, 4) is 0 Å². The van der Waals surface area contributed by atoms with E-state index in [0.717, 1.165) is 42.5 Å². The molecule has 1 amide bonds. The monoisotopic (exact) mass is 502 g/mol. The molecule has 152 valence electrons. The lowest BCUT2D eigenvalue weighted by Crippen LogP contribution is -2.57. The molecule has 2 aromatic rings. The number of rotatable bonds is 4. The van der Waals surface area contributed by atoms with Crippen LogP contribution in [0.25, 0.3) is 0 Å². The van der Waals surface area contributed by atoms with Crippen LogP contribution in [0, 0.1) is 9.49 Å². The molecular formula is C24H27IN2O2. The van der Waals surface area contributed by atoms with E-state index in [1.165, 1.54) is 9.13 Å². The van der Waals surface area contributed by atoms with Gasteiger partial charge in [-0.05, 0) is 58.5 Å². The zero-order chi connectivity index (χ0) is 20.5. The molecule has 0 aromatic heterocycles. The van der Waals surface area contributed by atoms with Crippen molar-refractivity contribution in [2.75, 3.05) is 20.1 Å². The lowest BCUT2D eigenvalue weighted by molar-refractivity contribution is -0.928. The average molecular weight is 502 g/mol. The lowest BCUT2D eigenvalue weighted by Gasteiger charge is -2.51. The van der Waals surface area contributed by atoms with Gasteiger partial charge in [0, 0.05) is 33.8 Å². The maximum Gasteiger partial charge on any atom is 0.244 e. The highest BCUT2D eigenvalue weighted by Gasteiger charge is 2.46. The van der Waals surface area contributed by atoms with Crippen LogP contribution in [0.5, 0.6) is 0 Å². The molecule has 0 radical (unpaired) electrons. The van der Waals surface area contributed by atoms with Crippen molar-refractivity contribution in [1.82, 2.24) is 0 Å². The minimum absolute atomic E-state index is 0.223. The van der Waals surface area contributed by atoms with Crippen LogP contribution in [0.15, 0.2) is 59.6 Å². The first-order valence-electron chi connectivity index (χ1n) is 10.3. The van der Waals surface area contributed by atoms with Crippen molar-refractivity contribution in [3.05, 3.63) is 69.3 Å². The molecule has 2 aliphatic heterocycles. The first kappa shape index (κ1) is 20.5. The lowest BCUT2D eigenvalue weighted by atomic mass is 9.63. The highest BCUT2D eigenvalue weighted by atomic mass is 127. The first-order chi connectivity index (χ1) is 13.9. The summed E-state index contributed by atoms with van der Waals surface area (Å²) in [4.78, 5) is 15.7. The van der Waals surface area contributed by atoms with E-state index < -0.39 is 5.41 Å². The fourth-order valence-corrected chi connectivity index (χ4v) is 5.53. The number of likely N-dealkylation sites (tertiary alicyclic amines) is 1. The maximum atomic E-state index is 13.1. The van der Waals surface area contributed by atoms with Gasteiger partial charge in [-0.15, -0.1) is 0 Å². The number of hydrogen-bond acceptors (Lipinski definition) is 2. The maximum absolute atomic E-state index is 13.1.